The van der Waals surface area contributed by atoms with Crippen LogP contribution in [0.25, 0.3) is 0 Å². The fourth-order valence-corrected chi connectivity index (χ4v) is 2.33. The summed E-state index contributed by atoms with van der Waals surface area (Å²) in [6.07, 6.45) is 4.19. The van der Waals surface area contributed by atoms with Gasteiger partial charge in [0.15, 0.2) is 0 Å². The van der Waals surface area contributed by atoms with E-state index < -0.39 is 6.04 Å². The molecule has 26 heavy (non-hydrogen) atoms. The van der Waals surface area contributed by atoms with Crippen molar-refractivity contribution < 1.29 is 19.1 Å². The molecule has 2 atom stereocenters. The molecule has 0 fully saturated rings. The van der Waals surface area contributed by atoms with Crippen molar-refractivity contribution in [1.29, 1.82) is 0 Å². The quantitative estimate of drug-likeness (QED) is 0.217. The lowest BCUT2D eigenvalue weighted by molar-refractivity contribution is -0.129. The Bertz CT molecular complexity index is 410. The van der Waals surface area contributed by atoms with Crippen LogP contribution in [0.4, 0.5) is 0 Å². The summed E-state index contributed by atoms with van der Waals surface area (Å²) in [6, 6.07) is -0.565. The number of hydrogen-bond acceptors (Lipinski definition) is 5. The van der Waals surface area contributed by atoms with E-state index in [1.54, 1.807) is 0 Å². The lowest BCUT2D eigenvalue weighted by atomic mass is 10.1. The molecule has 0 saturated heterocycles. The Kier molecular flexibility index (Phi) is 16.4. The fourth-order valence-electron chi connectivity index (χ4n) is 2.19. The van der Waals surface area contributed by atoms with Gasteiger partial charge in [-0.25, -0.2) is 0 Å². The minimum Gasteiger partial charge on any atom is -0.381 e. The average molecular weight is 390 g/mol. The van der Waals surface area contributed by atoms with Gasteiger partial charge in [0.2, 0.25) is 17.7 Å². The predicted octanol–water partition coefficient (Wildman–Crippen LogP) is -0.0855. The van der Waals surface area contributed by atoms with Crippen molar-refractivity contribution in [3.8, 4) is 0 Å². The molecule has 0 spiro atoms. The second-order valence-corrected chi connectivity index (χ2v) is 6.52. The molecule has 9 heteroatoms. The number of nitrogens with two attached hydrogens (primary N) is 1. The fraction of sp³-hybridized carbons (Fsp3) is 0.824. The third-order valence-corrected chi connectivity index (χ3v) is 3.82. The number of amides is 3. The first kappa shape index (κ1) is 24.8. The molecule has 0 aromatic heterocycles. The SMILES string of the molecule is CCCOCCC(=O)NC(CCCCNC(=O)CCN)C(=O)NCCP. The van der Waals surface area contributed by atoms with Gasteiger partial charge in [0.25, 0.3) is 0 Å². The van der Waals surface area contributed by atoms with Crippen LogP contribution in [0.5, 0.6) is 0 Å². The molecule has 5 N–H and O–H groups in total. The van der Waals surface area contributed by atoms with Crippen molar-refractivity contribution in [3.05, 3.63) is 0 Å². The predicted molar refractivity (Wildman–Crippen MR) is 106 cm³/mol. The molecule has 0 aliphatic heterocycles. The van der Waals surface area contributed by atoms with E-state index in [4.69, 9.17) is 10.5 Å². The molecule has 0 rings (SSSR count). The Morgan fingerprint density at radius 3 is 2.46 bits per heavy atom. The van der Waals surface area contributed by atoms with E-state index in [0.29, 0.717) is 52.1 Å². The van der Waals surface area contributed by atoms with E-state index in [1.807, 2.05) is 6.92 Å². The standard InChI is InChI=1S/C17H35N4O4P/c1-2-11-25-12-7-16(23)21-14(17(24)20-10-13-26)5-3-4-9-19-15(22)6-8-18/h14H,2-13,18,26H2,1H3,(H,19,22)(H,20,24)(H,21,23). The molecule has 0 aromatic carbocycles. The van der Waals surface area contributed by atoms with Crippen LogP contribution in [-0.4, -0.2) is 62.8 Å². The maximum absolute atomic E-state index is 12.2. The normalized spacial score (nSPS) is 11.7. The molecule has 0 aromatic rings. The molecular formula is C17H35N4O4P. The number of unbranched alkanes of at least 4 members (excludes halogenated alkanes) is 1. The number of rotatable bonds is 16. The summed E-state index contributed by atoms with van der Waals surface area (Å²) in [6.45, 7) is 4.40. The highest BCUT2D eigenvalue weighted by Crippen LogP contribution is 2.02. The van der Waals surface area contributed by atoms with Gasteiger partial charge in [-0.1, -0.05) is 6.92 Å². The van der Waals surface area contributed by atoms with Crippen molar-refractivity contribution in [2.75, 3.05) is 39.0 Å². The van der Waals surface area contributed by atoms with E-state index in [0.717, 1.165) is 19.0 Å². The zero-order valence-corrected chi connectivity index (χ0v) is 17.0. The number of carbonyl (C=O) groups is 3. The highest BCUT2D eigenvalue weighted by molar-refractivity contribution is 7.16. The molecule has 0 radical (unpaired) electrons. The Morgan fingerprint density at radius 2 is 1.81 bits per heavy atom. The summed E-state index contributed by atoms with van der Waals surface area (Å²) >= 11 is 0. The van der Waals surface area contributed by atoms with Crippen LogP contribution in [0.15, 0.2) is 0 Å². The molecule has 8 nitrogen and oxygen atoms in total. The summed E-state index contributed by atoms with van der Waals surface area (Å²) in [5, 5.41) is 8.36. The molecule has 0 saturated carbocycles. The molecule has 0 heterocycles. The molecule has 2 unspecified atom stereocenters. The summed E-state index contributed by atoms with van der Waals surface area (Å²) in [4.78, 5) is 35.6. The largest absolute Gasteiger partial charge is 0.381 e. The molecule has 152 valence electrons. The van der Waals surface area contributed by atoms with Gasteiger partial charge in [-0.15, -0.1) is 9.24 Å². The van der Waals surface area contributed by atoms with Gasteiger partial charge in [-0.3, -0.25) is 14.4 Å². The summed E-state index contributed by atoms with van der Waals surface area (Å²) < 4.78 is 5.30. The molecular weight excluding hydrogens is 355 g/mol. The van der Waals surface area contributed by atoms with E-state index in [1.165, 1.54) is 0 Å². The zero-order chi connectivity index (χ0) is 19.6. The number of nitrogens with one attached hydrogen (secondary N) is 3. The van der Waals surface area contributed by atoms with E-state index in [2.05, 4.69) is 25.2 Å². The molecule has 0 aliphatic carbocycles. The lowest BCUT2D eigenvalue weighted by Gasteiger charge is -2.18. The van der Waals surface area contributed by atoms with E-state index >= 15 is 0 Å². The van der Waals surface area contributed by atoms with Crippen LogP contribution in [-0.2, 0) is 19.1 Å². The number of carbonyl (C=O) groups excluding carboxylic acids is 3. The molecule has 0 aliphatic rings. The van der Waals surface area contributed by atoms with Crippen molar-refractivity contribution in [2.24, 2.45) is 5.73 Å². The lowest BCUT2D eigenvalue weighted by Crippen LogP contribution is -2.47. The summed E-state index contributed by atoms with van der Waals surface area (Å²) in [5.74, 6) is -0.437. The number of hydrogen-bond donors (Lipinski definition) is 4. The molecule has 3 amide bonds. The van der Waals surface area contributed by atoms with Crippen LogP contribution >= 0.6 is 9.24 Å². The Morgan fingerprint density at radius 1 is 1.04 bits per heavy atom. The first-order chi connectivity index (χ1) is 12.5. The summed E-state index contributed by atoms with van der Waals surface area (Å²) in [5.41, 5.74) is 5.31. The topological polar surface area (TPSA) is 123 Å². The zero-order valence-electron chi connectivity index (χ0n) is 15.9. The van der Waals surface area contributed by atoms with Crippen molar-refractivity contribution in [3.63, 3.8) is 0 Å². The number of ether oxygens (including phenoxy) is 1. The summed E-state index contributed by atoms with van der Waals surface area (Å²) in [7, 11) is 2.55. The van der Waals surface area contributed by atoms with Crippen LogP contribution in [0.3, 0.4) is 0 Å². The van der Waals surface area contributed by atoms with Gasteiger partial charge in [0.05, 0.1) is 6.61 Å². The van der Waals surface area contributed by atoms with Crippen molar-refractivity contribution >= 4 is 27.0 Å². The smallest absolute Gasteiger partial charge is 0.242 e. The average Bonchev–Trinajstić information content (AvgIpc) is 2.62. The van der Waals surface area contributed by atoms with Gasteiger partial charge in [-0.05, 0) is 31.8 Å². The highest BCUT2D eigenvalue weighted by Gasteiger charge is 2.19. The van der Waals surface area contributed by atoms with Crippen molar-refractivity contribution in [2.45, 2.75) is 51.5 Å². The Hall–Kier alpha value is -1.24. The monoisotopic (exact) mass is 390 g/mol. The highest BCUT2D eigenvalue weighted by atomic mass is 31.0. The maximum atomic E-state index is 12.2. The Labute approximate surface area is 158 Å². The van der Waals surface area contributed by atoms with Crippen LogP contribution in [0, 0.1) is 0 Å². The third kappa shape index (κ3) is 14.0. The second-order valence-electron chi connectivity index (χ2n) is 5.95. The minimum atomic E-state index is -0.565. The van der Waals surface area contributed by atoms with Crippen LogP contribution < -0.4 is 21.7 Å². The first-order valence-electron chi connectivity index (χ1n) is 9.36. The van der Waals surface area contributed by atoms with Crippen LogP contribution in [0.2, 0.25) is 0 Å². The first-order valence-corrected chi connectivity index (χ1v) is 10.2. The van der Waals surface area contributed by atoms with Crippen LogP contribution in [0.1, 0.15) is 45.4 Å². The molecule has 0 bridgehead atoms. The van der Waals surface area contributed by atoms with Gasteiger partial charge in [0.1, 0.15) is 6.04 Å². The van der Waals surface area contributed by atoms with Gasteiger partial charge in [0, 0.05) is 39.1 Å². The van der Waals surface area contributed by atoms with Crippen molar-refractivity contribution in [1.82, 2.24) is 16.0 Å². The minimum absolute atomic E-state index is 0.0670. The third-order valence-electron chi connectivity index (χ3n) is 3.53. The van der Waals surface area contributed by atoms with Gasteiger partial charge < -0.3 is 26.4 Å². The second kappa shape index (κ2) is 17.2. The maximum Gasteiger partial charge on any atom is 0.242 e. The van der Waals surface area contributed by atoms with E-state index in [9.17, 15) is 14.4 Å². The van der Waals surface area contributed by atoms with E-state index in [-0.39, 0.29) is 24.1 Å². The van der Waals surface area contributed by atoms with Gasteiger partial charge in [-0.2, -0.15) is 0 Å². The van der Waals surface area contributed by atoms with Gasteiger partial charge >= 0.3 is 0 Å². The Balaban J connectivity index is 4.23.